The van der Waals surface area contributed by atoms with Crippen LogP contribution in [0.3, 0.4) is 0 Å². The first-order chi connectivity index (χ1) is 9.57. The Labute approximate surface area is 120 Å². The SMILES string of the molecule is CCOc1ccc(S(=O)(=O)N2CCC(CCO)C2)cc1. The van der Waals surface area contributed by atoms with Gasteiger partial charge in [-0.3, -0.25) is 0 Å². The van der Waals surface area contributed by atoms with Crippen molar-refractivity contribution in [3.05, 3.63) is 24.3 Å². The molecule has 1 aliphatic heterocycles. The van der Waals surface area contributed by atoms with Crippen LogP contribution >= 0.6 is 0 Å². The molecule has 1 unspecified atom stereocenters. The van der Waals surface area contributed by atoms with Crippen LogP contribution in [0.15, 0.2) is 29.2 Å². The highest BCUT2D eigenvalue weighted by atomic mass is 32.2. The number of hydrogen-bond acceptors (Lipinski definition) is 4. The van der Waals surface area contributed by atoms with E-state index in [0.29, 0.717) is 36.8 Å². The van der Waals surface area contributed by atoms with Crippen LogP contribution in [0.5, 0.6) is 5.75 Å². The van der Waals surface area contributed by atoms with Crippen LogP contribution in [0.4, 0.5) is 0 Å². The van der Waals surface area contributed by atoms with E-state index < -0.39 is 10.0 Å². The first-order valence-corrected chi connectivity index (χ1v) is 8.35. The van der Waals surface area contributed by atoms with Crippen molar-refractivity contribution in [2.45, 2.75) is 24.7 Å². The molecule has 2 rings (SSSR count). The first kappa shape index (κ1) is 15.3. The van der Waals surface area contributed by atoms with E-state index in [9.17, 15) is 8.42 Å². The summed E-state index contributed by atoms with van der Waals surface area (Å²) in [5.41, 5.74) is 0. The topological polar surface area (TPSA) is 66.8 Å². The Balaban J connectivity index is 2.10. The van der Waals surface area contributed by atoms with Gasteiger partial charge in [-0.1, -0.05) is 0 Å². The van der Waals surface area contributed by atoms with Crippen molar-refractivity contribution < 1.29 is 18.3 Å². The van der Waals surface area contributed by atoms with E-state index >= 15 is 0 Å². The van der Waals surface area contributed by atoms with Gasteiger partial charge >= 0.3 is 0 Å². The molecule has 0 aromatic heterocycles. The highest BCUT2D eigenvalue weighted by Gasteiger charge is 2.32. The van der Waals surface area contributed by atoms with Crippen LogP contribution < -0.4 is 4.74 Å². The minimum atomic E-state index is -3.43. The summed E-state index contributed by atoms with van der Waals surface area (Å²) in [5, 5.41) is 8.93. The third-order valence-electron chi connectivity index (χ3n) is 3.56. The molecule has 1 N–H and O–H groups in total. The smallest absolute Gasteiger partial charge is 0.243 e. The normalized spacial score (nSPS) is 20.2. The van der Waals surface area contributed by atoms with Gasteiger partial charge in [0.2, 0.25) is 10.0 Å². The Bertz CT molecular complexity index is 527. The fourth-order valence-electron chi connectivity index (χ4n) is 2.46. The van der Waals surface area contributed by atoms with Gasteiger partial charge in [0.05, 0.1) is 11.5 Å². The monoisotopic (exact) mass is 299 g/mol. The minimum Gasteiger partial charge on any atom is -0.494 e. The molecule has 1 aliphatic rings. The van der Waals surface area contributed by atoms with E-state index in [1.807, 2.05) is 6.92 Å². The molecular formula is C14H21NO4S. The second-order valence-corrected chi connectivity index (χ2v) is 6.87. The highest BCUT2D eigenvalue weighted by molar-refractivity contribution is 7.89. The number of benzene rings is 1. The molecule has 5 nitrogen and oxygen atoms in total. The van der Waals surface area contributed by atoms with Crippen molar-refractivity contribution in [1.29, 1.82) is 0 Å². The first-order valence-electron chi connectivity index (χ1n) is 6.91. The summed E-state index contributed by atoms with van der Waals surface area (Å²) in [4.78, 5) is 0.297. The van der Waals surface area contributed by atoms with Crippen LogP contribution in [0.1, 0.15) is 19.8 Å². The number of aliphatic hydroxyl groups is 1. The number of ether oxygens (including phenoxy) is 1. The Morgan fingerprint density at radius 3 is 2.65 bits per heavy atom. The molecule has 0 radical (unpaired) electrons. The molecule has 6 heteroatoms. The number of sulfonamides is 1. The molecule has 112 valence electrons. The van der Waals surface area contributed by atoms with Crippen LogP contribution in [0.25, 0.3) is 0 Å². The minimum absolute atomic E-state index is 0.113. The molecule has 0 spiro atoms. The molecule has 1 atom stereocenters. The van der Waals surface area contributed by atoms with Crippen LogP contribution in [0.2, 0.25) is 0 Å². The fraction of sp³-hybridized carbons (Fsp3) is 0.571. The molecule has 0 aliphatic carbocycles. The highest BCUT2D eigenvalue weighted by Crippen LogP contribution is 2.26. The Hall–Kier alpha value is -1.11. The average molecular weight is 299 g/mol. The predicted molar refractivity (Wildman–Crippen MR) is 76.2 cm³/mol. The van der Waals surface area contributed by atoms with Crippen LogP contribution in [0, 0.1) is 5.92 Å². The number of aliphatic hydroxyl groups excluding tert-OH is 1. The van der Waals surface area contributed by atoms with Gasteiger partial charge in [0.25, 0.3) is 0 Å². The molecular weight excluding hydrogens is 278 g/mol. The van der Waals surface area contributed by atoms with Gasteiger partial charge in [0.15, 0.2) is 0 Å². The average Bonchev–Trinajstić information content (AvgIpc) is 2.90. The van der Waals surface area contributed by atoms with E-state index in [2.05, 4.69) is 0 Å². The Kier molecular flexibility index (Phi) is 5.01. The maximum atomic E-state index is 12.5. The molecule has 0 saturated carbocycles. The van der Waals surface area contributed by atoms with Gasteiger partial charge < -0.3 is 9.84 Å². The largest absolute Gasteiger partial charge is 0.494 e. The van der Waals surface area contributed by atoms with E-state index in [-0.39, 0.29) is 12.5 Å². The van der Waals surface area contributed by atoms with Crippen molar-refractivity contribution in [3.63, 3.8) is 0 Å². The maximum absolute atomic E-state index is 12.5. The second kappa shape index (κ2) is 6.56. The third kappa shape index (κ3) is 3.31. The summed E-state index contributed by atoms with van der Waals surface area (Å²) >= 11 is 0. The Morgan fingerprint density at radius 1 is 1.35 bits per heavy atom. The van der Waals surface area contributed by atoms with Crippen molar-refractivity contribution in [3.8, 4) is 5.75 Å². The lowest BCUT2D eigenvalue weighted by Gasteiger charge is -2.16. The summed E-state index contributed by atoms with van der Waals surface area (Å²) in [6.07, 6.45) is 1.48. The van der Waals surface area contributed by atoms with E-state index in [4.69, 9.17) is 9.84 Å². The standard InChI is InChI=1S/C14H21NO4S/c1-2-19-13-3-5-14(6-4-13)20(17,18)15-9-7-12(11-15)8-10-16/h3-6,12,16H,2,7-11H2,1H3. The van der Waals surface area contributed by atoms with Gasteiger partial charge in [-0.25, -0.2) is 8.42 Å². The van der Waals surface area contributed by atoms with E-state index in [1.54, 1.807) is 24.3 Å². The van der Waals surface area contributed by atoms with Crippen LogP contribution in [-0.2, 0) is 10.0 Å². The zero-order valence-corrected chi connectivity index (χ0v) is 12.5. The summed E-state index contributed by atoms with van der Waals surface area (Å²) in [6, 6.07) is 6.52. The zero-order chi connectivity index (χ0) is 14.6. The summed E-state index contributed by atoms with van der Waals surface area (Å²) in [6.45, 7) is 3.58. The molecule has 0 amide bonds. The molecule has 1 fully saturated rings. The van der Waals surface area contributed by atoms with Crippen molar-refractivity contribution in [2.24, 2.45) is 5.92 Å². The van der Waals surface area contributed by atoms with Crippen molar-refractivity contribution in [2.75, 3.05) is 26.3 Å². The Morgan fingerprint density at radius 2 is 2.05 bits per heavy atom. The summed E-state index contributed by atoms with van der Waals surface area (Å²) < 4.78 is 31.8. The van der Waals surface area contributed by atoms with Gasteiger partial charge in [-0.05, 0) is 49.9 Å². The van der Waals surface area contributed by atoms with Gasteiger partial charge in [0.1, 0.15) is 5.75 Å². The molecule has 20 heavy (non-hydrogen) atoms. The molecule has 1 aromatic rings. The lowest BCUT2D eigenvalue weighted by atomic mass is 10.1. The van der Waals surface area contributed by atoms with Gasteiger partial charge in [-0.15, -0.1) is 0 Å². The third-order valence-corrected chi connectivity index (χ3v) is 5.44. The maximum Gasteiger partial charge on any atom is 0.243 e. The van der Waals surface area contributed by atoms with Crippen LogP contribution in [-0.4, -0.2) is 44.1 Å². The number of rotatable bonds is 6. The van der Waals surface area contributed by atoms with E-state index in [0.717, 1.165) is 6.42 Å². The van der Waals surface area contributed by atoms with Crippen molar-refractivity contribution in [1.82, 2.24) is 4.31 Å². The zero-order valence-electron chi connectivity index (χ0n) is 11.7. The fourth-order valence-corrected chi connectivity index (χ4v) is 3.99. The number of hydrogen-bond donors (Lipinski definition) is 1. The summed E-state index contributed by atoms with van der Waals surface area (Å²) in [5.74, 6) is 0.934. The van der Waals surface area contributed by atoms with E-state index in [1.165, 1.54) is 4.31 Å². The molecule has 1 saturated heterocycles. The van der Waals surface area contributed by atoms with Crippen molar-refractivity contribution >= 4 is 10.0 Å². The number of nitrogens with zero attached hydrogens (tertiary/aromatic N) is 1. The predicted octanol–water partition coefficient (Wildman–Crippen LogP) is 1.48. The lowest BCUT2D eigenvalue weighted by molar-refractivity contribution is 0.259. The quantitative estimate of drug-likeness (QED) is 0.864. The lowest BCUT2D eigenvalue weighted by Crippen LogP contribution is -2.29. The second-order valence-electron chi connectivity index (χ2n) is 4.93. The molecule has 0 bridgehead atoms. The molecule has 1 aromatic carbocycles. The summed E-state index contributed by atoms with van der Waals surface area (Å²) in [7, 11) is -3.43. The van der Waals surface area contributed by atoms with Gasteiger partial charge in [-0.2, -0.15) is 4.31 Å². The molecule has 1 heterocycles. The van der Waals surface area contributed by atoms with Gasteiger partial charge in [0, 0.05) is 19.7 Å².